The number of phenolic OH excluding ortho intramolecular Hbond substituents is 1. The van der Waals surface area contributed by atoms with E-state index in [9.17, 15) is 9.90 Å². The molecule has 0 saturated heterocycles. The standard InChI is InChI=1S/C27H29NO4/c1-16(14-28-15-18-3-4-21-11-23(29)8-7-20(21)10-18)19-5-6-22-12-24-26(32-25(22)13-19)9-17(2)31-27(24)30/h3-4,7-12,16,19,25,28-29H,5-6,13-15H2,1-2H3/t16?,19-,25-/m0/s1. The summed E-state index contributed by atoms with van der Waals surface area (Å²) in [7, 11) is 0. The van der Waals surface area contributed by atoms with Crippen LogP contribution in [0.25, 0.3) is 16.8 Å². The lowest BCUT2D eigenvalue weighted by molar-refractivity contribution is 0.140. The number of rotatable bonds is 5. The molecule has 1 aliphatic carbocycles. The predicted octanol–water partition coefficient (Wildman–Crippen LogP) is 5.18. The minimum Gasteiger partial charge on any atom is -0.508 e. The van der Waals surface area contributed by atoms with Crippen molar-refractivity contribution in [1.29, 1.82) is 0 Å². The molecule has 5 heteroatoms. The first kappa shape index (κ1) is 20.8. The van der Waals surface area contributed by atoms with Crippen LogP contribution in [0.4, 0.5) is 0 Å². The highest BCUT2D eigenvalue weighted by Crippen LogP contribution is 2.40. The van der Waals surface area contributed by atoms with E-state index in [1.165, 1.54) is 11.1 Å². The molecule has 2 heterocycles. The quantitative estimate of drug-likeness (QED) is 0.583. The molecule has 2 aromatic carbocycles. The molecule has 1 aromatic heterocycles. The van der Waals surface area contributed by atoms with Gasteiger partial charge in [-0.1, -0.05) is 25.1 Å². The molecule has 0 spiro atoms. The van der Waals surface area contributed by atoms with Gasteiger partial charge >= 0.3 is 5.63 Å². The Morgan fingerprint density at radius 3 is 2.84 bits per heavy atom. The molecule has 1 fully saturated rings. The smallest absolute Gasteiger partial charge is 0.346 e. The van der Waals surface area contributed by atoms with E-state index in [0.29, 0.717) is 34.7 Å². The van der Waals surface area contributed by atoms with Gasteiger partial charge in [0.2, 0.25) is 0 Å². The van der Waals surface area contributed by atoms with Gasteiger partial charge < -0.3 is 19.6 Å². The van der Waals surface area contributed by atoms with E-state index in [2.05, 4.69) is 30.4 Å². The Morgan fingerprint density at radius 2 is 1.97 bits per heavy atom. The lowest BCUT2D eigenvalue weighted by Gasteiger charge is -2.37. The molecule has 0 bridgehead atoms. The minimum atomic E-state index is -0.309. The average molecular weight is 432 g/mol. The Morgan fingerprint density at radius 1 is 1.16 bits per heavy atom. The number of hydrogen-bond donors (Lipinski definition) is 2. The van der Waals surface area contributed by atoms with Crippen molar-refractivity contribution in [3.8, 4) is 11.5 Å². The fraction of sp³-hybridized carbons (Fsp3) is 0.370. The van der Waals surface area contributed by atoms with Gasteiger partial charge in [-0.15, -0.1) is 0 Å². The van der Waals surface area contributed by atoms with Gasteiger partial charge in [-0.3, -0.25) is 0 Å². The van der Waals surface area contributed by atoms with E-state index in [0.717, 1.165) is 43.1 Å². The molecule has 32 heavy (non-hydrogen) atoms. The summed E-state index contributed by atoms with van der Waals surface area (Å²) in [4.78, 5) is 12.1. The van der Waals surface area contributed by atoms with Gasteiger partial charge in [0.25, 0.3) is 0 Å². The third-order valence-corrected chi connectivity index (χ3v) is 6.89. The summed E-state index contributed by atoms with van der Waals surface area (Å²) in [6.07, 6.45) is 5.10. The van der Waals surface area contributed by atoms with Crippen molar-refractivity contribution < 1.29 is 14.3 Å². The molecule has 5 rings (SSSR count). The van der Waals surface area contributed by atoms with Crippen molar-refractivity contribution in [1.82, 2.24) is 5.32 Å². The number of ether oxygens (including phenoxy) is 1. The molecule has 3 atom stereocenters. The normalized spacial score (nSPS) is 20.8. The number of phenols is 1. The molecule has 3 aromatic rings. The van der Waals surface area contributed by atoms with Crippen LogP contribution in [-0.4, -0.2) is 17.8 Å². The van der Waals surface area contributed by atoms with E-state index in [1.54, 1.807) is 19.1 Å². The number of nitrogens with one attached hydrogen (secondary N) is 1. The zero-order chi connectivity index (χ0) is 22.2. The Bertz CT molecular complexity index is 1240. The van der Waals surface area contributed by atoms with Gasteiger partial charge in [-0.2, -0.15) is 0 Å². The highest BCUT2D eigenvalue weighted by Gasteiger charge is 2.33. The molecule has 0 amide bonds. The predicted molar refractivity (Wildman–Crippen MR) is 126 cm³/mol. The van der Waals surface area contributed by atoms with Crippen LogP contribution in [0.3, 0.4) is 0 Å². The summed E-state index contributed by atoms with van der Waals surface area (Å²) in [6.45, 7) is 5.86. The average Bonchev–Trinajstić information content (AvgIpc) is 2.77. The zero-order valence-corrected chi connectivity index (χ0v) is 18.6. The van der Waals surface area contributed by atoms with E-state index < -0.39 is 0 Å². The van der Waals surface area contributed by atoms with Crippen LogP contribution >= 0.6 is 0 Å². The second-order valence-corrected chi connectivity index (χ2v) is 9.26. The van der Waals surface area contributed by atoms with Crippen molar-refractivity contribution in [3.63, 3.8) is 0 Å². The van der Waals surface area contributed by atoms with Gasteiger partial charge in [-0.05, 0) is 90.8 Å². The molecule has 2 aliphatic rings. The Hall–Kier alpha value is -3.05. The lowest BCUT2D eigenvalue weighted by atomic mass is 9.76. The maximum absolute atomic E-state index is 12.1. The second kappa shape index (κ2) is 8.47. The van der Waals surface area contributed by atoms with Crippen molar-refractivity contribution in [2.45, 2.75) is 45.8 Å². The van der Waals surface area contributed by atoms with Gasteiger partial charge in [-0.25, -0.2) is 4.79 Å². The summed E-state index contributed by atoms with van der Waals surface area (Å²) < 4.78 is 11.5. The van der Waals surface area contributed by atoms with E-state index in [1.807, 2.05) is 18.2 Å². The summed E-state index contributed by atoms with van der Waals surface area (Å²) >= 11 is 0. The fourth-order valence-corrected chi connectivity index (χ4v) is 5.03. The third kappa shape index (κ3) is 4.17. The largest absolute Gasteiger partial charge is 0.508 e. The summed E-state index contributed by atoms with van der Waals surface area (Å²) in [5.74, 6) is 2.64. The third-order valence-electron chi connectivity index (χ3n) is 6.89. The van der Waals surface area contributed by atoms with Crippen LogP contribution in [0, 0.1) is 18.8 Å². The number of aryl methyl sites for hydroxylation is 1. The van der Waals surface area contributed by atoms with Crippen LogP contribution in [0.15, 0.2) is 57.2 Å². The van der Waals surface area contributed by atoms with Crippen molar-refractivity contribution in [3.05, 3.63) is 75.3 Å². The van der Waals surface area contributed by atoms with E-state index in [-0.39, 0.29) is 11.7 Å². The number of hydrogen-bond acceptors (Lipinski definition) is 5. The first-order chi connectivity index (χ1) is 15.5. The Labute approximate surface area is 187 Å². The van der Waals surface area contributed by atoms with Gasteiger partial charge in [0.05, 0.1) is 0 Å². The second-order valence-electron chi connectivity index (χ2n) is 9.26. The van der Waals surface area contributed by atoms with Gasteiger partial charge in [0, 0.05) is 12.6 Å². The topological polar surface area (TPSA) is 71.7 Å². The molecule has 2 N–H and O–H groups in total. The van der Waals surface area contributed by atoms with Crippen LogP contribution < -0.4 is 15.7 Å². The highest BCUT2D eigenvalue weighted by molar-refractivity contribution is 5.84. The maximum atomic E-state index is 12.1. The Kier molecular flexibility index (Phi) is 5.51. The Balaban J connectivity index is 1.18. The molecule has 166 valence electrons. The van der Waals surface area contributed by atoms with Gasteiger partial charge in [0.1, 0.15) is 28.9 Å². The number of fused-ring (bicyclic) bond motifs is 3. The first-order valence-corrected chi connectivity index (χ1v) is 11.4. The molecule has 0 radical (unpaired) electrons. The molecule has 1 saturated carbocycles. The molecule has 1 aliphatic heterocycles. The molecular formula is C27H29NO4. The van der Waals surface area contributed by atoms with Crippen LogP contribution in [-0.2, 0) is 6.54 Å². The highest BCUT2D eigenvalue weighted by atomic mass is 16.5. The SMILES string of the molecule is Cc1cc2c(c(=O)o1)C=C1CC[C@H](C(C)CNCc3ccc4cc(O)ccc4c3)C[C@@H]1O2. The zero-order valence-electron chi connectivity index (χ0n) is 18.6. The van der Waals surface area contributed by atoms with Crippen molar-refractivity contribution in [2.75, 3.05) is 6.54 Å². The molecule has 1 unspecified atom stereocenters. The number of aromatic hydroxyl groups is 1. The molecule has 5 nitrogen and oxygen atoms in total. The summed E-state index contributed by atoms with van der Waals surface area (Å²) in [5.41, 5.74) is 2.70. The first-order valence-electron chi connectivity index (χ1n) is 11.4. The van der Waals surface area contributed by atoms with E-state index >= 15 is 0 Å². The van der Waals surface area contributed by atoms with Crippen LogP contribution in [0.5, 0.6) is 11.5 Å². The van der Waals surface area contributed by atoms with Crippen LogP contribution in [0.1, 0.15) is 43.1 Å². The van der Waals surface area contributed by atoms with Gasteiger partial charge in [0.15, 0.2) is 0 Å². The van der Waals surface area contributed by atoms with Crippen molar-refractivity contribution >= 4 is 16.8 Å². The summed E-state index contributed by atoms with van der Waals surface area (Å²) in [5, 5.41) is 15.4. The summed E-state index contributed by atoms with van der Waals surface area (Å²) in [6, 6.07) is 13.7. The lowest BCUT2D eigenvalue weighted by Crippen LogP contribution is -2.36. The maximum Gasteiger partial charge on any atom is 0.346 e. The van der Waals surface area contributed by atoms with E-state index in [4.69, 9.17) is 9.15 Å². The fourth-order valence-electron chi connectivity index (χ4n) is 5.03. The minimum absolute atomic E-state index is 0.0572. The monoisotopic (exact) mass is 431 g/mol. The van der Waals surface area contributed by atoms with Crippen LogP contribution in [0.2, 0.25) is 0 Å². The molecular weight excluding hydrogens is 402 g/mol. The van der Waals surface area contributed by atoms with Crippen molar-refractivity contribution in [2.24, 2.45) is 11.8 Å². The number of benzene rings is 2.